The van der Waals surface area contributed by atoms with Crippen molar-refractivity contribution in [2.24, 2.45) is 0 Å². The Kier molecular flexibility index (Phi) is 5.31. The minimum Gasteiger partial charge on any atom is -0.308 e. The van der Waals surface area contributed by atoms with Crippen molar-refractivity contribution in [1.29, 1.82) is 0 Å². The Morgan fingerprint density at radius 2 is 1.90 bits per heavy atom. The van der Waals surface area contributed by atoms with Gasteiger partial charge in [0.1, 0.15) is 0 Å². The van der Waals surface area contributed by atoms with E-state index in [0.29, 0.717) is 18.4 Å². The second kappa shape index (κ2) is 8.40. The van der Waals surface area contributed by atoms with Crippen molar-refractivity contribution in [2.75, 3.05) is 0 Å². The number of aryl methyl sites for hydroxylation is 1. The number of ketones is 1. The third-order valence-corrected chi connectivity index (χ3v) is 5.97. The number of fused-ring (bicyclic) bond motifs is 1. The van der Waals surface area contributed by atoms with E-state index >= 15 is 0 Å². The maximum Gasteiger partial charge on any atom is 0.167 e. The molecule has 2 atom stereocenters. The first-order chi connectivity index (χ1) is 15.2. The quantitative estimate of drug-likeness (QED) is 0.438. The van der Waals surface area contributed by atoms with E-state index in [2.05, 4.69) is 51.7 Å². The number of aromatic nitrogens is 2. The largest absolute Gasteiger partial charge is 0.308 e. The molecule has 4 heteroatoms. The Hall–Kier alpha value is -3.37. The van der Waals surface area contributed by atoms with Gasteiger partial charge in [0.15, 0.2) is 11.4 Å². The molecule has 0 bridgehead atoms. The fraction of sp³-hybridized carbons (Fsp3) is 0.222. The van der Waals surface area contributed by atoms with Crippen LogP contribution in [0.25, 0.3) is 11.0 Å². The maximum absolute atomic E-state index is 12.5. The van der Waals surface area contributed by atoms with E-state index in [9.17, 15) is 4.79 Å². The standard InChI is InChI=1S/C27H25N3O/c1-18-4-2-5-22(14-18)26(31)15-19-7-9-20(10-8-19)24-16-25(24)29-17-23-12-11-21-6-3-13-28-27(21)30-23/h2-14,24-25,29H,15-17H2,1H3. The van der Waals surface area contributed by atoms with Gasteiger partial charge in [-0.1, -0.05) is 48.0 Å². The summed E-state index contributed by atoms with van der Waals surface area (Å²) in [4.78, 5) is 21.5. The molecule has 1 saturated carbocycles. The lowest BCUT2D eigenvalue weighted by molar-refractivity contribution is 0.0993. The van der Waals surface area contributed by atoms with E-state index in [1.165, 1.54) is 5.56 Å². The molecule has 4 nitrogen and oxygen atoms in total. The molecule has 0 spiro atoms. The average Bonchev–Trinajstić information content (AvgIpc) is 3.58. The van der Waals surface area contributed by atoms with Crippen LogP contribution in [0.1, 0.15) is 45.1 Å². The van der Waals surface area contributed by atoms with Gasteiger partial charge in [-0.2, -0.15) is 0 Å². The molecule has 2 aromatic heterocycles. The highest BCUT2D eigenvalue weighted by Crippen LogP contribution is 2.41. The van der Waals surface area contributed by atoms with Crippen molar-refractivity contribution in [3.63, 3.8) is 0 Å². The maximum atomic E-state index is 12.5. The Morgan fingerprint density at radius 1 is 1.03 bits per heavy atom. The van der Waals surface area contributed by atoms with Crippen LogP contribution in [0.5, 0.6) is 0 Å². The summed E-state index contributed by atoms with van der Waals surface area (Å²) < 4.78 is 0. The number of hydrogen-bond acceptors (Lipinski definition) is 4. The smallest absolute Gasteiger partial charge is 0.167 e. The van der Waals surface area contributed by atoms with Gasteiger partial charge in [0.25, 0.3) is 0 Å². The summed E-state index contributed by atoms with van der Waals surface area (Å²) >= 11 is 0. The number of nitrogens with one attached hydrogen (secondary N) is 1. The molecular formula is C27H25N3O. The number of carbonyl (C=O) groups excluding carboxylic acids is 1. The van der Waals surface area contributed by atoms with Gasteiger partial charge in [0, 0.05) is 42.1 Å². The van der Waals surface area contributed by atoms with Gasteiger partial charge in [-0.15, -0.1) is 0 Å². The number of benzene rings is 2. The number of pyridine rings is 2. The molecule has 2 heterocycles. The van der Waals surface area contributed by atoms with Crippen LogP contribution in [-0.2, 0) is 13.0 Å². The Morgan fingerprint density at radius 3 is 2.74 bits per heavy atom. The summed E-state index contributed by atoms with van der Waals surface area (Å²) in [6.45, 7) is 2.76. The highest BCUT2D eigenvalue weighted by molar-refractivity contribution is 5.97. The number of Topliss-reactive ketones (excluding diaryl/α,β-unsaturated/α-hetero) is 1. The van der Waals surface area contributed by atoms with Crippen molar-refractivity contribution in [1.82, 2.24) is 15.3 Å². The Bertz CT molecular complexity index is 1230. The van der Waals surface area contributed by atoms with Gasteiger partial charge in [-0.3, -0.25) is 4.79 Å². The monoisotopic (exact) mass is 407 g/mol. The van der Waals surface area contributed by atoms with E-state index in [1.807, 2.05) is 43.3 Å². The third-order valence-electron chi connectivity index (χ3n) is 5.97. The third kappa shape index (κ3) is 4.54. The van der Waals surface area contributed by atoms with E-state index in [-0.39, 0.29) is 5.78 Å². The summed E-state index contributed by atoms with van der Waals surface area (Å²) in [5.41, 5.74) is 6.11. The van der Waals surface area contributed by atoms with Crippen molar-refractivity contribution < 1.29 is 4.79 Å². The molecule has 1 aliphatic rings. The van der Waals surface area contributed by atoms with Crippen molar-refractivity contribution in [3.05, 3.63) is 107 Å². The Balaban J connectivity index is 1.16. The van der Waals surface area contributed by atoms with Crippen LogP contribution in [0.15, 0.2) is 79.0 Å². The summed E-state index contributed by atoms with van der Waals surface area (Å²) in [5.74, 6) is 0.694. The zero-order valence-electron chi connectivity index (χ0n) is 17.6. The Labute approximate surface area is 182 Å². The average molecular weight is 408 g/mol. The number of nitrogens with zero attached hydrogens (tertiary/aromatic N) is 2. The highest BCUT2D eigenvalue weighted by Gasteiger charge is 2.37. The summed E-state index contributed by atoms with van der Waals surface area (Å²) in [6, 6.07) is 24.9. The molecule has 0 saturated heterocycles. The van der Waals surface area contributed by atoms with Crippen LogP contribution in [0.4, 0.5) is 0 Å². The molecule has 0 amide bonds. The lowest BCUT2D eigenvalue weighted by atomic mass is 10.00. The molecule has 0 aliphatic heterocycles. The number of hydrogen-bond donors (Lipinski definition) is 1. The van der Waals surface area contributed by atoms with E-state index in [4.69, 9.17) is 0 Å². The summed E-state index contributed by atoms with van der Waals surface area (Å²) in [6.07, 6.45) is 3.35. The first-order valence-electron chi connectivity index (χ1n) is 10.8. The SMILES string of the molecule is Cc1cccc(C(=O)Cc2ccc(C3CC3NCc3ccc4cccnc4n3)cc2)c1. The molecule has 154 valence electrons. The molecular weight excluding hydrogens is 382 g/mol. The molecule has 5 rings (SSSR count). The fourth-order valence-corrected chi connectivity index (χ4v) is 4.10. The second-order valence-corrected chi connectivity index (χ2v) is 8.39. The van der Waals surface area contributed by atoms with Crippen LogP contribution < -0.4 is 5.32 Å². The van der Waals surface area contributed by atoms with Gasteiger partial charge in [-0.25, -0.2) is 9.97 Å². The molecule has 1 N–H and O–H groups in total. The number of rotatable bonds is 7. The van der Waals surface area contributed by atoms with E-state index in [1.54, 1.807) is 6.20 Å². The molecule has 4 aromatic rings. The fourth-order valence-electron chi connectivity index (χ4n) is 4.10. The molecule has 1 fully saturated rings. The zero-order chi connectivity index (χ0) is 21.2. The van der Waals surface area contributed by atoms with Gasteiger partial charge in [0.05, 0.1) is 5.69 Å². The molecule has 31 heavy (non-hydrogen) atoms. The second-order valence-electron chi connectivity index (χ2n) is 8.39. The lowest BCUT2D eigenvalue weighted by Crippen LogP contribution is -2.18. The van der Waals surface area contributed by atoms with Crippen LogP contribution in [-0.4, -0.2) is 21.8 Å². The van der Waals surface area contributed by atoms with Crippen LogP contribution >= 0.6 is 0 Å². The van der Waals surface area contributed by atoms with Crippen molar-refractivity contribution >= 4 is 16.8 Å². The van der Waals surface area contributed by atoms with Gasteiger partial charge in [0.2, 0.25) is 0 Å². The van der Waals surface area contributed by atoms with Crippen LogP contribution in [0.2, 0.25) is 0 Å². The van der Waals surface area contributed by atoms with Crippen molar-refractivity contribution in [3.8, 4) is 0 Å². The molecule has 2 unspecified atom stereocenters. The topological polar surface area (TPSA) is 54.9 Å². The van der Waals surface area contributed by atoms with E-state index < -0.39 is 0 Å². The predicted molar refractivity (Wildman–Crippen MR) is 123 cm³/mol. The van der Waals surface area contributed by atoms with Crippen LogP contribution in [0.3, 0.4) is 0 Å². The highest BCUT2D eigenvalue weighted by atomic mass is 16.1. The molecule has 0 radical (unpaired) electrons. The minimum absolute atomic E-state index is 0.166. The van der Waals surface area contributed by atoms with Crippen LogP contribution in [0, 0.1) is 6.92 Å². The van der Waals surface area contributed by atoms with E-state index in [0.717, 1.165) is 46.4 Å². The first kappa shape index (κ1) is 19.6. The normalized spacial score (nSPS) is 17.6. The molecule has 1 aliphatic carbocycles. The number of carbonyl (C=O) groups is 1. The van der Waals surface area contributed by atoms with Gasteiger partial charge < -0.3 is 5.32 Å². The van der Waals surface area contributed by atoms with Crippen molar-refractivity contribution in [2.45, 2.75) is 38.3 Å². The molecule has 2 aromatic carbocycles. The predicted octanol–water partition coefficient (Wildman–Crippen LogP) is 5.01. The zero-order valence-corrected chi connectivity index (χ0v) is 17.6. The lowest BCUT2D eigenvalue weighted by Gasteiger charge is -2.07. The minimum atomic E-state index is 0.166. The summed E-state index contributed by atoms with van der Waals surface area (Å²) in [5, 5.41) is 4.68. The van der Waals surface area contributed by atoms with Gasteiger partial charge in [-0.05, 0) is 54.8 Å². The summed E-state index contributed by atoms with van der Waals surface area (Å²) in [7, 11) is 0. The first-order valence-corrected chi connectivity index (χ1v) is 10.8. The van der Waals surface area contributed by atoms with Gasteiger partial charge >= 0.3 is 0 Å².